The van der Waals surface area contributed by atoms with E-state index in [0.717, 1.165) is 29.4 Å². The van der Waals surface area contributed by atoms with Crippen LogP contribution in [0.3, 0.4) is 0 Å². The lowest BCUT2D eigenvalue weighted by atomic mass is 10.2. The number of nitrogens with zero attached hydrogens (tertiary/aromatic N) is 2. The predicted molar refractivity (Wildman–Crippen MR) is 85.6 cm³/mol. The molecule has 0 radical (unpaired) electrons. The maximum atomic E-state index is 6.14. The van der Waals surface area contributed by atoms with Gasteiger partial charge in [-0.2, -0.15) is 0 Å². The van der Waals surface area contributed by atoms with Crippen LogP contribution in [-0.4, -0.2) is 9.55 Å². The van der Waals surface area contributed by atoms with Crippen LogP contribution in [0.1, 0.15) is 11.1 Å². The lowest BCUT2D eigenvalue weighted by Gasteiger charge is -2.08. The molecule has 0 bridgehead atoms. The first kappa shape index (κ1) is 13.9. The minimum atomic E-state index is 0.767. The first-order valence-corrected chi connectivity index (χ1v) is 7.22. The van der Waals surface area contributed by atoms with Crippen molar-refractivity contribution in [1.82, 2.24) is 14.9 Å². The molecule has 0 spiro atoms. The molecule has 21 heavy (non-hydrogen) atoms. The molecule has 1 heterocycles. The van der Waals surface area contributed by atoms with Crippen LogP contribution in [-0.2, 0) is 13.1 Å². The van der Waals surface area contributed by atoms with E-state index >= 15 is 0 Å². The molecule has 0 atom stereocenters. The summed E-state index contributed by atoms with van der Waals surface area (Å²) in [6.45, 7) is 1.58. The van der Waals surface area contributed by atoms with Crippen molar-refractivity contribution >= 4 is 11.6 Å². The maximum Gasteiger partial charge on any atom is 0.0991 e. The SMILES string of the molecule is Clc1ccccc1CNCc1ccc(-n2ccnc2)cc1. The topological polar surface area (TPSA) is 29.9 Å². The minimum absolute atomic E-state index is 0.767. The number of halogens is 1. The molecule has 2 aromatic carbocycles. The highest BCUT2D eigenvalue weighted by Crippen LogP contribution is 2.15. The van der Waals surface area contributed by atoms with Crippen molar-refractivity contribution in [2.75, 3.05) is 0 Å². The molecule has 4 heteroatoms. The van der Waals surface area contributed by atoms with Crippen LogP contribution in [0.5, 0.6) is 0 Å². The van der Waals surface area contributed by atoms with Crippen LogP contribution in [0.15, 0.2) is 67.3 Å². The van der Waals surface area contributed by atoms with Crippen LogP contribution in [0.4, 0.5) is 0 Å². The molecule has 1 aromatic heterocycles. The first-order chi connectivity index (χ1) is 10.3. The second-order valence-electron chi connectivity index (χ2n) is 4.83. The van der Waals surface area contributed by atoms with Gasteiger partial charge >= 0.3 is 0 Å². The summed E-state index contributed by atoms with van der Waals surface area (Å²) in [6, 6.07) is 16.3. The fourth-order valence-corrected chi connectivity index (χ4v) is 2.38. The Bertz CT molecular complexity index is 690. The molecule has 0 amide bonds. The van der Waals surface area contributed by atoms with Gasteiger partial charge in [-0.05, 0) is 29.3 Å². The molecule has 1 N–H and O–H groups in total. The Morgan fingerprint density at radius 3 is 2.52 bits per heavy atom. The zero-order valence-corrected chi connectivity index (χ0v) is 12.3. The third kappa shape index (κ3) is 3.51. The highest BCUT2D eigenvalue weighted by atomic mass is 35.5. The van der Waals surface area contributed by atoms with E-state index in [1.54, 1.807) is 12.5 Å². The second kappa shape index (κ2) is 6.57. The standard InChI is InChI=1S/C17H16ClN3/c18-17-4-2-1-3-15(17)12-20-11-14-5-7-16(8-6-14)21-10-9-19-13-21/h1-10,13,20H,11-12H2. The van der Waals surface area contributed by atoms with Gasteiger partial charge in [0.1, 0.15) is 0 Å². The summed E-state index contributed by atoms with van der Waals surface area (Å²) in [4.78, 5) is 4.05. The second-order valence-corrected chi connectivity index (χ2v) is 5.24. The highest BCUT2D eigenvalue weighted by Gasteiger charge is 1.99. The van der Waals surface area contributed by atoms with Crippen molar-refractivity contribution in [2.24, 2.45) is 0 Å². The zero-order valence-electron chi connectivity index (χ0n) is 11.5. The van der Waals surface area contributed by atoms with Gasteiger partial charge in [0.15, 0.2) is 0 Å². The van der Waals surface area contributed by atoms with Crippen molar-refractivity contribution in [1.29, 1.82) is 0 Å². The largest absolute Gasteiger partial charge is 0.309 e. The van der Waals surface area contributed by atoms with Gasteiger partial charge in [0.05, 0.1) is 6.33 Å². The fraction of sp³-hybridized carbons (Fsp3) is 0.118. The number of benzene rings is 2. The van der Waals surface area contributed by atoms with Crippen molar-refractivity contribution < 1.29 is 0 Å². The Hall–Kier alpha value is -2.10. The Labute approximate surface area is 129 Å². The third-order valence-corrected chi connectivity index (χ3v) is 3.71. The smallest absolute Gasteiger partial charge is 0.0991 e. The van der Waals surface area contributed by atoms with Crippen molar-refractivity contribution in [3.63, 3.8) is 0 Å². The number of rotatable bonds is 5. The van der Waals surface area contributed by atoms with Gasteiger partial charge in [0.25, 0.3) is 0 Å². The molecule has 0 aliphatic carbocycles. The third-order valence-electron chi connectivity index (χ3n) is 3.34. The summed E-state index contributed by atoms with van der Waals surface area (Å²) < 4.78 is 1.99. The molecule has 106 valence electrons. The Kier molecular flexibility index (Phi) is 4.34. The van der Waals surface area contributed by atoms with E-state index < -0.39 is 0 Å². The number of nitrogens with one attached hydrogen (secondary N) is 1. The summed E-state index contributed by atoms with van der Waals surface area (Å²) in [5.74, 6) is 0. The van der Waals surface area contributed by atoms with Crippen LogP contribution in [0, 0.1) is 0 Å². The van der Waals surface area contributed by atoms with E-state index in [1.165, 1.54) is 5.56 Å². The molecule has 0 saturated heterocycles. The maximum absolute atomic E-state index is 6.14. The van der Waals surface area contributed by atoms with Gasteiger partial charge in [0.2, 0.25) is 0 Å². The summed E-state index contributed by atoms with van der Waals surface area (Å²) >= 11 is 6.14. The number of imidazole rings is 1. The summed E-state index contributed by atoms with van der Waals surface area (Å²) in [5.41, 5.74) is 3.47. The van der Waals surface area contributed by atoms with Crippen LogP contribution in [0.2, 0.25) is 5.02 Å². The fourth-order valence-electron chi connectivity index (χ4n) is 2.18. The van der Waals surface area contributed by atoms with Gasteiger partial charge in [-0.1, -0.05) is 41.9 Å². The number of hydrogen-bond acceptors (Lipinski definition) is 2. The Balaban J connectivity index is 1.58. The van der Waals surface area contributed by atoms with Crippen LogP contribution < -0.4 is 5.32 Å². The molecule has 0 unspecified atom stereocenters. The van der Waals surface area contributed by atoms with E-state index in [9.17, 15) is 0 Å². The molecule has 0 aliphatic rings. The van der Waals surface area contributed by atoms with E-state index in [4.69, 9.17) is 11.6 Å². The molecular weight excluding hydrogens is 282 g/mol. The van der Waals surface area contributed by atoms with Gasteiger partial charge < -0.3 is 9.88 Å². The Morgan fingerprint density at radius 2 is 1.81 bits per heavy atom. The zero-order chi connectivity index (χ0) is 14.5. The quantitative estimate of drug-likeness (QED) is 0.776. The monoisotopic (exact) mass is 297 g/mol. The average molecular weight is 298 g/mol. The summed E-state index contributed by atoms with van der Waals surface area (Å²) in [6.07, 6.45) is 5.51. The number of aromatic nitrogens is 2. The van der Waals surface area contributed by atoms with Crippen LogP contribution >= 0.6 is 11.6 Å². The van der Waals surface area contributed by atoms with Gasteiger partial charge in [-0.15, -0.1) is 0 Å². The number of hydrogen-bond donors (Lipinski definition) is 1. The first-order valence-electron chi connectivity index (χ1n) is 6.84. The molecule has 0 saturated carbocycles. The highest BCUT2D eigenvalue weighted by molar-refractivity contribution is 6.31. The van der Waals surface area contributed by atoms with E-state index in [-0.39, 0.29) is 0 Å². The summed E-state index contributed by atoms with van der Waals surface area (Å²) in [7, 11) is 0. The van der Waals surface area contributed by atoms with Crippen molar-refractivity contribution in [3.8, 4) is 5.69 Å². The lowest BCUT2D eigenvalue weighted by molar-refractivity contribution is 0.693. The normalized spacial score (nSPS) is 10.7. The van der Waals surface area contributed by atoms with Gasteiger partial charge in [-0.25, -0.2) is 4.98 Å². The average Bonchev–Trinajstić information content (AvgIpc) is 3.04. The van der Waals surface area contributed by atoms with Crippen molar-refractivity contribution in [3.05, 3.63) is 83.4 Å². The van der Waals surface area contributed by atoms with E-state index in [0.29, 0.717) is 0 Å². The molecular formula is C17H16ClN3. The van der Waals surface area contributed by atoms with E-state index in [2.05, 4.69) is 34.6 Å². The molecule has 3 aromatic rings. The Morgan fingerprint density at radius 1 is 1.00 bits per heavy atom. The lowest BCUT2D eigenvalue weighted by Crippen LogP contribution is -2.12. The van der Waals surface area contributed by atoms with Crippen molar-refractivity contribution in [2.45, 2.75) is 13.1 Å². The van der Waals surface area contributed by atoms with Gasteiger partial charge in [-0.3, -0.25) is 0 Å². The van der Waals surface area contributed by atoms with E-state index in [1.807, 2.05) is 35.0 Å². The molecule has 3 nitrogen and oxygen atoms in total. The predicted octanol–water partition coefficient (Wildman–Crippen LogP) is 3.82. The molecule has 3 rings (SSSR count). The van der Waals surface area contributed by atoms with Crippen LogP contribution in [0.25, 0.3) is 5.69 Å². The van der Waals surface area contributed by atoms with Gasteiger partial charge in [0, 0.05) is 36.2 Å². The minimum Gasteiger partial charge on any atom is -0.309 e. The molecule has 0 aliphatic heterocycles. The summed E-state index contributed by atoms with van der Waals surface area (Å²) in [5, 5.41) is 4.22. The molecule has 0 fully saturated rings.